The molecule has 156 valence electrons. The van der Waals surface area contributed by atoms with Crippen LogP contribution in [0.15, 0.2) is 34.5 Å². The van der Waals surface area contributed by atoms with Gasteiger partial charge in [0.1, 0.15) is 0 Å². The van der Waals surface area contributed by atoms with Crippen LogP contribution in [0.4, 0.5) is 0 Å². The fourth-order valence-corrected chi connectivity index (χ4v) is 5.26. The largest absolute Gasteiger partial charge is 0.273 e. The minimum atomic E-state index is -0.0473. The molecular weight excluding hydrogens is 364 g/mol. The monoisotopic (exact) mass is 396 g/mol. The highest BCUT2D eigenvalue weighted by Crippen LogP contribution is 2.43. The SMILES string of the molecule is O=C(CCCCCC(=O)N/N=C/C1CC2C=CC1C2)N/N=C/C1CC2C=CC1C2. The number of carbonyl (C=O) groups is 2. The third-order valence-electron chi connectivity index (χ3n) is 6.88. The Morgan fingerprint density at radius 2 is 1.21 bits per heavy atom. The molecule has 0 aromatic rings. The topological polar surface area (TPSA) is 82.9 Å². The molecule has 6 unspecified atom stereocenters. The van der Waals surface area contributed by atoms with Gasteiger partial charge >= 0.3 is 0 Å². The van der Waals surface area contributed by atoms with Gasteiger partial charge in [-0.2, -0.15) is 10.2 Å². The van der Waals surface area contributed by atoms with Crippen molar-refractivity contribution in [2.24, 2.45) is 45.7 Å². The quantitative estimate of drug-likeness (QED) is 0.256. The second-order valence-electron chi connectivity index (χ2n) is 9.08. The van der Waals surface area contributed by atoms with E-state index in [1.54, 1.807) is 0 Å². The van der Waals surface area contributed by atoms with E-state index in [-0.39, 0.29) is 11.8 Å². The molecule has 0 aliphatic heterocycles. The van der Waals surface area contributed by atoms with E-state index in [4.69, 9.17) is 0 Å². The van der Waals surface area contributed by atoms with Crippen molar-refractivity contribution in [1.82, 2.24) is 10.9 Å². The first-order valence-corrected chi connectivity index (χ1v) is 11.2. The summed E-state index contributed by atoms with van der Waals surface area (Å²) in [6, 6.07) is 0. The number of allylic oxidation sites excluding steroid dienone is 4. The van der Waals surface area contributed by atoms with Crippen LogP contribution in [0.5, 0.6) is 0 Å². The van der Waals surface area contributed by atoms with Gasteiger partial charge in [-0.05, 0) is 62.2 Å². The summed E-state index contributed by atoms with van der Waals surface area (Å²) < 4.78 is 0. The second-order valence-corrected chi connectivity index (χ2v) is 9.08. The molecule has 4 bridgehead atoms. The molecule has 0 saturated heterocycles. The highest BCUT2D eigenvalue weighted by Gasteiger charge is 2.35. The number of fused-ring (bicyclic) bond motifs is 4. The summed E-state index contributed by atoms with van der Waals surface area (Å²) in [6.45, 7) is 0. The Balaban J connectivity index is 1.01. The Morgan fingerprint density at radius 1 is 0.724 bits per heavy atom. The first-order chi connectivity index (χ1) is 14.2. The van der Waals surface area contributed by atoms with Crippen LogP contribution in [-0.4, -0.2) is 24.2 Å². The van der Waals surface area contributed by atoms with Gasteiger partial charge in [0, 0.05) is 37.1 Å². The lowest BCUT2D eigenvalue weighted by Gasteiger charge is -2.12. The molecule has 0 spiro atoms. The fourth-order valence-electron chi connectivity index (χ4n) is 5.26. The van der Waals surface area contributed by atoms with Crippen molar-refractivity contribution in [3.05, 3.63) is 24.3 Å². The zero-order valence-electron chi connectivity index (χ0n) is 17.0. The van der Waals surface area contributed by atoms with E-state index in [1.807, 2.05) is 12.4 Å². The van der Waals surface area contributed by atoms with Crippen molar-refractivity contribution in [2.45, 2.75) is 57.8 Å². The average Bonchev–Trinajstić information content (AvgIpc) is 3.49. The highest BCUT2D eigenvalue weighted by molar-refractivity contribution is 5.77. The molecule has 6 nitrogen and oxygen atoms in total. The normalized spacial score (nSPS) is 34.1. The van der Waals surface area contributed by atoms with Gasteiger partial charge in [-0.1, -0.05) is 30.7 Å². The Labute approximate surface area is 173 Å². The standard InChI is InChI=1S/C23H32N4O2/c28-22(26-24-14-20-12-16-6-8-18(20)10-16)4-2-1-3-5-23(29)27-25-15-21-13-17-7-9-19(21)11-17/h6-9,14-21H,1-5,10-13H2,(H,26,28)(H,27,29)/b24-14+,25-15+. The van der Waals surface area contributed by atoms with Crippen LogP contribution in [-0.2, 0) is 9.59 Å². The molecule has 4 rings (SSSR count). The number of hydrogen-bond donors (Lipinski definition) is 2. The number of hydrazone groups is 2. The molecular formula is C23H32N4O2. The number of nitrogens with one attached hydrogen (secondary N) is 2. The summed E-state index contributed by atoms with van der Waals surface area (Å²) in [5, 5.41) is 8.27. The van der Waals surface area contributed by atoms with Crippen molar-refractivity contribution in [3.8, 4) is 0 Å². The van der Waals surface area contributed by atoms with Gasteiger partial charge in [0.15, 0.2) is 0 Å². The molecule has 0 aromatic heterocycles. The maximum absolute atomic E-state index is 11.9. The lowest BCUT2D eigenvalue weighted by molar-refractivity contribution is -0.121. The molecule has 2 amide bonds. The summed E-state index contributed by atoms with van der Waals surface area (Å²) in [5.41, 5.74) is 5.28. The summed E-state index contributed by atoms with van der Waals surface area (Å²) >= 11 is 0. The van der Waals surface area contributed by atoms with E-state index in [0.29, 0.717) is 48.3 Å². The Hall–Kier alpha value is -2.24. The van der Waals surface area contributed by atoms with Crippen LogP contribution < -0.4 is 10.9 Å². The van der Waals surface area contributed by atoms with E-state index in [0.717, 1.165) is 32.1 Å². The number of carbonyl (C=O) groups excluding carboxylic acids is 2. The van der Waals surface area contributed by atoms with E-state index < -0.39 is 0 Å². The lowest BCUT2D eigenvalue weighted by atomic mass is 9.95. The highest BCUT2D eigenvalue weighted by atomic mass is 16.2. The van der Waals surface area contributed by atoms with Gasteiger partial charge in [-0.3, -0.25) is 9.59 Å². The van der Waals surface area contributed by atoms with E-state index in [9.17, 15) is 9.59 Å². The molecule has 2 saturated carbocycles. The van der Waals surface area contributed by atoms with Crippen LogP contribution in [0, 0.1) is 35.5 Å². The summed E-state index contributed by atoms with van der Waals surface area (Å²) in [7, 11) is 0. The van der Waals surface area contributed by atoms with Crippen molar-refractivity contribution < 1.29 is 9.59 Å². The molecule has 2 N–H and O–H groups in total. The Bertz CT molecular complexity index is 666. The average molecular weight is 397 g/mol. The summed E-state index contributed by atoms with van der Waals surface area (Å²) in [5.74, 6) is 3.51. The van der Waals surface area contributed by atoms with Crippen LogP contribution in [0.2, 0.25) is 0 Å². The van der Waals surface area contributed by atoms with Gasteiger partial charge < -0.3 is 0 Å². The molecule has 29 heavy (non-hydrogen) atoms. The van der Waals surface area contributed by atoms with Crippen LogP contribution in [0.25, 0.3) is 0 Å². The van der Waals surface area contributed by atoms with Crippen LogP contribution in [0.1, 0.15) is 57.8 Å². The number of hydrogen-bond acceptors (Lipinski definition) is 4. The molecule has 0 aromatic carbocycles. The number of amides is 2. The van der Waals surface area contributed by atoms with Crippen molar-refractivity contribution >= 4 is 24.2 Å². The first kappa shape index (κ1) is 20.0. The summed E-state index contributed by atoms with van der Waals surface area (Å²) in [6.07, 6.45) is 21.1. The smallest absolute Gasteiger partial charge is 0.240 e. The van der Waals surface area contributed by atoms with E-state index in [2.05, 4.69) is 45.4 Å². The maximum Gasteiger partial charge on any atom is 0.240 e. The predicted octanol–water partition coefficient (Wildman–Crippen LogP) is 3.57. The third kappa shape index (κ3) is 5.43. The first-order valence-electron chi connectivity index (χ1n) is 11.2. The van der Waals surface area contributed by atoms with Crippen LogP contribution >= 0.6 is 0 Å². The Morgan fingerprint density at radius 3 is 1.59 bits per heavy atom. The number of unbranched alkanes of at least 4 members (excludes halogenated alkanes) is 2. The number of nitrogens with zero attached hydrogens (tertiary/aromatic N) is 2. The molecule has 4 aliphatic rings. The van der Waals surface area contributed by atoms with Gasteiger partial charge in [-0.15, -0.1) is 0 Å². The minimum Gasteiger partial charge on any atom is -0.273 e. The Kier molecular flexibility index (Phi) is 6.57. The molecule has 6 atom stereocenters. The molecule has 0 radical (unpaired) electrons. The van der Waals surface area contributed by atoms with Gasteiger partial charge in [0.05, 0.1) is 0 Å². The predicted molar refractivity (Wildman–Crippen MR) is 114 cm³/mol. The zero-order valence-corrected chi connectivity index (χ0v) is 17.0. The third-order valence-corrected chi connectivity index (χ3v) is 6.88. The van der Waals surface area contributed by atoms with E-state index >= 15 is 0 Å². The maximum atomic E-state index is 11.9. The van der Waals surface area contributed by atoms with Crippen molar-refractivity contribution in [1.29, 1.82) is 0 Å². The van der Waals surface area contributed by atoms with Gasteiger partial charge in [0.2, 0.25) is 11.8 Å². The number of rotatable bonds is 10. The summed E-state index contributed by atoms with van der Waals surface area (Å²) in [4.78, 5) is 23.7. The van der Waals surface area contributed by atoms with Crippen molar-refractivity contribution in [2.75, 3.05) is 0 Å². The lowest BCUT2D eigenvalue weighted by Crippen LogP contribution is -2.20. The minimum absolute atomic E-state index is 0.0473. The van der Waals surface area contributed by atoms with Gasteiger partial charge in [-0.25, -0.2) is 10.9 Å². The van der Waals surface area contributed by atoms with Gasteiger partial charge in [0.25, 0.3) is 0 Å². The van der Waals surface area contributed by atoms with E-state index in [1.165, 1.54) is 12.8 Å². The van der Waals surface area contributed by atoms with Crippen LogP contribution in [0.3, 0.4) is 0 Å². The molecule has 4 aliphatic carbocycles. The second kappa shape index (κ2) is 9.51. The zero-order chi connectivity index (χ0) is 20.1. The van der Waals surface area contributed by atoms with Crippen molar-refractivity contribution in [3.63, 3.8) is 0 Å². The fraction of sp³-hybridized carbons (Fsp3) is 0.652. The molecule has 6 heteroatoms. The molecule has 2 fully saturated rings. The molecule has 0 heterocycles.